The molecule has 5 aromatic rings. The molecule has 5 N–H and O–H groups in total. The third-order valence-electron chi connectivity index (χ3n) is 8.02. The summed E-state index contributed by atoms with van der Waals surface area (Å²) in [5.41, 5.74) is 11.3. The van der Waals surface area contributed by atoms with Crippen LogP contribution in [-0.4, -0.2) is 33.8 Å². The molecule has 2 amide bonds. The highest BCUT2D eigenvalue weighted by atomic mass is 32.2. The van der Waals surface area contributed by atoms with E-state index in [4.69, 9.17) is 20.2 Å². The molecule has 48 heavy (non-hydrogen) atoms. The van der Waals surface area contributed by atoms with E-state index in [9.17, 15) is 14.7 Å². The molecule has 4 aromatic carbocycles. The van der Waals surface area contributed by atoms with Crippen molar-refractivity contribution in [3.8, 4) is 0 Å². The molecule has 9 nitrogen and oxygen atoms in total. The number of nitrogens with zero attached hydrogens (tertiary/aromatic N) is 1. The molecule has 0 aliphatic carbocycles. The molecular weight excluding hydrogens is 645 g/mol. The molecule has 1 fully saturated rings. The number of ether oxygens (including phenoxy) is 2. The van der Waals surface area contributed by atoms with Gasteiger partial charge in [-0.05, 0) is 60.4 Å². The zero-order valence-electron chi connectivity index (χ0n) is 26.3. The minimum Gasteiger partial charge on any atom is -0.397 e. The third kappa shape index (κ3) is 9.00. The van der Waals surface area contributed by atoms with E-state index in [1.54, 1.807) is 35.2 Å². The van der Waals surface area contributed by atoms with Crippen LogP contribution < -0.4 is 16.4 Å². The number of nitrogens with two attached hydrogens (primary N) is 1. The Labute approximate surface area is 287 Å². The average molecular weight is 683 g/mol. The maximum atomic E-state index is 12.8. The lowest BCUT2D eigenvalue weighted by atomic mass is 10.0. The Kier molecular flexibility index (Phi) is 11.4. The Hall–Kier alpha value is -4.26. The molecule has 1 aromatic heterocycles. The number of thiazole rings is 1. The van der Waals surface area contributed by atoms with Gasteiger partial charge in [0.15, 0.2) is 10.6 Å². The fourth-order valence-corrected chi connectivity index (χ4v) is 7.59. The Morgan fingerprint density at radius 3 is 2.40 bits per heavy atom. The van der Waals surface area contributed by atoms with Gasteiger partial charge in [0.2, 0.25) is 11.8 Å². The van der Waals surface area contributed by atoms with Gasteiger partial charge in [-0.3, -0.25) is 9.59 Å². The highest BCUT2D eigenvalue weighted by Gasteiger charge is 2.32. The monoisotopic (exact) mass is 682 g/mol. The number of nitrogens with one attached hydrogen (secondary N) is 2. The second-order valence-corrected chi connectivity index (χ2v) is 13.9. The number of benzene rings is 4. The Morgan fingerprint density at radius 2 is 1.62 bits per heavy atom. The summed E-state index contributed by atoms with van der Waals surface area (Å²) in [6.45, 7) is -0.0172. The molecule has 2 heterocycles. The number of rotatable bonds is 13. The van der Waals surface area contributed by atoms with Gasteiger partial charge in [0.1, 0.15) is 0 Å². The van der Waals surface area contributed by atoms with Gasteiger partial charge in [0.05, 0.1) is 40.4 Å². The summed E-state index contributed by atoms with van der Waals surface area (Å²) in [6.07, 6.45) is 1.43. The number of amides is 2. The minimum atomic E-state index is -0.642. The predicted molar refractivity (Wildman–Crippen MR) is 192 cm³/mol. The number of hydrogen-bond acceptors (Lipinski definition) is 9. The van der Waals surface area contributed by atoms with E-state index in [-0.39, 0.29) is 30.6 Å². The normalized spacial score (nSPS) is 17.6. The highest BCUT2D eigenvalue weighted by molar-refractivity contribution is 8.01. The molecule has 0 saturated carbocycles. The SMILES string of the molecule is Nc1ccccc1NC(=O)CCCCC(=O)Nc1cccc(C2OC(CSc3nc4ccccc4s3)CC(c3ccc(CO)cc3)O2)c1. The van der Waals surface area contributed by atoms with Gasteiger partial charge < -0.3 is 30.9 Å². The van der Waals surface area contributed by atoms with Crippen molar-refractivity contribution >= 4 is 62.2 Å². The summed E-state index contributed by atoms with van der Waals surface area (Å²) in [5, 5.41) is 15.3. The highest BCUT2D eigenvalue weighted by Crippen LogP contribution is 2.40. The minimum absolute atomic E-state index is 0.0172. The number of aliphatic hydroxyl groups excluding tert-OH is 1. The molecule has 1 aliphatic heterocycles. The topological polar surface area (TPSA) is 136 Å². The number of hydrogen-bond donors (Lipinski definition) is 4. The first kappa shape index (κ1) is 33.6. The van der Waals surface area contributed by atoms with Crippen molar-refractivity contribution in [2.45, 2.75) is 61.5 Å². The lowest BCUT2D eigenvalue weighted by Crippen LogP contribution is -2.31. The first-order valence-electron chi connectivity index (χ1n) is 16.0. The Balaban J connectivity index is 1.06. The molecule has 248 valence electrons. The van der Waals surface area contributed by atoms with E-state index in [0.29, 0.717) is 54.9 Å². The number of fused-ring (bicyclic) bond motifs is 1. The van der Waals surface area contributed by atoms with Crippen molar-refractivity contribution in [3.05, 3.63) is 114 Å². The number of aliphatic hydroxyl groups is 1. The number of carbonyl (C=O) groups excluding carboxylic acids is 2. The lowest BCUT2D eigenvalue weighted by Gasteiger charge is -2.36. The van der Waals surface area contributed by atoms with Crippen molar-refractivity contribution in [3.63, 3.8) is 0 Å². The molecule has 0 radical (unpaired) electrons. The van der Waals surface area contributed by atoms with Gasteiger partial charge in [-0.25, -0.2) is 4.98 Å². The fourth-order valence-electron chi connectivity index (χ4n) is 5.48. The predicted octanol–water partition coefficient (Wildman–Crippen LogP) is 7.85. The van der Waals surface area contributed by atoms with Gasteiger partial charge in [0, 0.05) is 36.3 Å². The van der Waals surface area contributed by atoms with E-state index in [1.165, 1.54) is 0 Å². The number of para-hydroxylation sites is 3. The summed E-state index contributed by atoms with van der Waals surface area (Å²) in [6, 6.07) is 30.6. The molecule has 11 heteroatoms. The van der Waals surface area contributed by atoms with Gasteiger partial charge in [-0.1, -0.05) is 72.4 Å². The zero-order chi connectivity index (χ0) is 33.3. The van der Waals surface area contributed by atoms with Crippen LogP contribution in [0.5, 0.6) is 0 Å². The van der Waals surface area contributed by atoms with Crippen LogP contribution in [0.25, 0.3) is 10.2 Å². The van der Waals surface area contributed by atoms with Gasteiger partial charge in [0.25, 0.3) is 0 Å². The Morgan fingerprint density at radius 1 is 0.875 bits per heavy atom. The number of aromatic nitrogens is 1. The van der Waals surface area contributed by atoms with Crippen LogP contribution in [0.4, 0.5) is 17.1 Å². The zero-order valence-corrected chi connectivity index (χ0v) is 28.0. The van der Waals surface area contributed by atoms with E-state index >= 15 is 0 Å². The van der Waals surface area contributed by atoms with Crippen LogP contribution in [0, 0.1) is 0 Å². The van der Waals surface area contributed by atoms with Crippen molar-refractivity contribution < 1.29 is 24.2 Å². The first-order valence-corrected chi connectivity index (χ1v) is 17.8. The number of carbonyl (C=O) groups is 2. The van der Waals surface area contributed by atoms with Crippen LogP contribution in [-0.2, 0) is 25.7 Å². The molecule has 3 atom stereocenters. The summed E-state index contributed by atoms with van der Waals surface area (Å²) < 4.78 is 15.2. The second-order valence-electron chi connectivity index (χ2n) is 11.6. The summed E-state index contributed by atoms with van der Waals surface area (Å²) >= 11 is 3.36. The van der Waals surface area contributed by atoms with Crippen molar-refractivity contribution in [2.75, 3.05) is 22.1 Å². The van der Waals surface area contributed by atoms with Gasteiger partial charge >= 0.3 is 0 Å². The Bertz CT molecular complexity index is 1810. The van der Waals surface area contributed by atoms with Crippen molar-refractivity contribution in [2.24, 2.45) is 0 Å². The molecule has 0 bridgehead atoms. The molecular formula is C37H38N4O5S2. The van der Waals surface area contributed by atoms with E-state index in [2.05, 4.69) is 16.7 Å². The smallest absolute Gasteiger partial charge is 0.224 e. The molecule has 1 aliphatic rings. The molecule has 1 saturated heterocycles. The largest absolute Gasteiger partial charge is 0.397 e. The second kappa shape index (κ2) is 16.2. The average Bonchev–Trinajstić information content (AvgIpc) is 3.53. The van der Waals surface area contributed by atoms with Crippen LogP contribution in [0.15, 0.2) is 101 Å². The third-order valence-corrected chi connectivity index (χ3v) is 10.3. The van der Waals surface area contributed by atoms with E-state index in [1.807, 2.05) is 78.9 Å². The maximum Gasteiger partial charge on any atom is 0.224 e. The van der Waals surface area contributed by atoms with E-state index < -0.39 is 6.29 Å². The van der Waals surface area contributed by atoms with Gasteiger partial charge in [-0.2, -0.15) is 0 Å². The first-order chi connectivity index (χ1) is 23.4. The van der Waals surface area contributed by atoms with Crippen LogP contribution in [0.3, 0.4) is 0 Å². The van der Waals surface area contributed by atoms with Gasteiger partial charge in [-0.15, -0.1) is 11.3 Å². The molecule has 3 unspecified atom stereocenters. The lowest BCUT2D eigenvalue weighted by molar-refractivity contribution is -0.245. The summed E-state index contributed by atoms with van der Waals surface area (Å²) in [5.74, 6) is 0.447. The summed E-state index contributed by atoms with van der Waals surface area (Å²) in [4.78, 5) is 29.9. The quantitative estimate of drug-likeness (QED) is 0.0560. The number of thioether (sulfide) groups is 1. The number of nitrogen functional groups attached to an aromatic ring is 1. The standard InChI is InChI=1S/C37H38N4O5S2/c38-29-10-1-2-11-30(29)40-35(44)15-6-5-14-34(43)39-27-9-7-8-26(20-27)36-45-28(21-32(46-36)25-18-16-24(22-42)17-19-25)23-47-37-41-31-12-3-4-13-33(31)48-37/h1-4,7-13,16-20,28,32,36,42H,5-6,14-15,21-23,38H2,(H,39,43)(H,40,44). The maximum absolute atomic E-state index is 12.8. The fraction of sp³-hybridized carbons (Fsp3) is 0.270. The van der Waals surface area contributed by atoms with Crippen LogP contribution in [0.2, 0.25) is 0 Å². The van der Waals surface area contributed by atoms with Crippen LogP contribution in [0.1, 0.15) is 61.2 Å². The van der Waals surface area contributed by atoms with Crippen molar-refractivity contribution in [1.29, 1.82) is 0 Å². The van der Waals surface area contributed by atoms with Crippen LogP contribution >= 0.6 is 23.1 Å². The molecule has 6 rings (SSSR count). The number of unbranched alkanes of at least 4 members (excludes halogenated alkanes) is 1. The summed E-state index contributed by atoms with van der Waals surface area (Å²) in [7, 11) is 0. The van der Waals surface area contributed by atoms with E-state index in [0.717, 1.165) is 31.2 Å². The number of anilines is 3. The molecule has 0 spiro atoms. The van der Waals surface area contributed by atoms with Crippen molar-refractivity contribution in [1.82, 2.24) is 4.98 Å².